The molecule has 4 aromatic rings. The van der Waals surface area contributed by atoms with Crippen LogP contribution in [0.3, 0.4) is 0 Å². The van der Waals surface area contributed by atoms with E-state index in [1.807, 2.05) is 48.5 Å². The summed E-state index contributed by atoms with van der Waals surface area (Å²) in [7, 11) is 3.38. The van der Waals surface area contributed by atoms with Gasteiger partial charge in [0.1, 0.15) is 11.5 Å². The first-order chi connectivity index (χ1) is 17.1. The lowest BCUT2D eigenvalue weighted by Gasteiger charge is -2.40. The van der Waals surface area contributed by atoms with Gasteiger partial charge in [-0.3, -0.25) is 0 Å². The van der Waals surface area contributed by atoms with Crippen LogP contribution in [0.2, 0.25) is 10.0 Å². The molecule has 0 aliphatic heterocycles. The lowest BCUT2D eigenvalue weighted by Crippen LogP contribution is -2.32. The summed E-state index contributed by atoms with van der Waals surface area (Å²) in [4.78, 5) is 0. The number of hydrogen-bond acceptors (Lipinski definition) is 2. The highest BCUT2D eigenvalue weighted by atomic mass is 35.5. The highest BCUT2D eigenvalue weighted by Gasteiger charge is 2.48. The zero-order valence-corrected chi connectivity index (χ0v) is 21.2. The van der Waals surface area contributed by atoms with Crippen molar-refractivity contribution in [2.75, 3.05) is 14.2 Å². The van der Waals surface area contributed by atoms with E-state index in [0.29, 0.717) is 5.02 Å². The van der Waals surface area contributed by atoms with Gasteiger partial charge in [0.05, 0.1) is 14.2 Å². The second-order valence-corrected chi connectivity index (χ2v) is 9.60. The predicted octanol–water partition coefficient (Wildman–Crippen LogP) is 8.57. The van der Waals surface area contributed by atoms with Gasteiger partial charge in [-0.15, -0.1) is 0 Å². The van der Waals surface area contributed by atoms with Gasteiger partial charge in [0.2, 0.25) is 0 Å². The summed E-state index contributed by atoms with van der Waals surface area (Å²) in [6.07, 6.45) is 3.16. The summed E-state index contributed by atoms with van der Waals surface area (Å²) in [6, 6.07) is 33.0. The summed E-state index contributed by atoms with van der Waals surface area (Å²) in [5, 5.41) is 1.47. The Kier molecular flexibility index (Phi) is 6.60. The molecule has 0 bridgehead atoms. The van der Waals surface area contributed by atoms with Crippen LogP contribution < -0.4 is 9.47 Å². The molecule has 0 fully saturated rings. The highest BCUT2D eigenvalue weighted by molar-refractivity contribution is 6.31. The Balaban J connectivity index is 1.77. The maximum Gasteiger partial charge on any atom is 0.118 e. The SMILES string of the molecule is COc1ccc(C2=CCC(c3ccc(Cl)cc3)(c3ccccc3Cl)C2c2ccc(OC)cc2)cc1. The minimum absolute atomic E-state index is 0.0166. The Morgan fingerprint density at radius 2 is 1.31 bits per heavy atom. The molecule has 2 nitrogen and oxygen atoms in total. The van der Waals surface area contributed by atoms with Crippen LogP contribution in [0.15, 0.2) is 103 Å². The van der Waals surface area contributed by atoms with Crippen LogP contribution in [0.4, 0.5) is 0 Å². The molecule has 2 atom stereocenters. The van der Waals surface area contributed by atoms with Gasteiger partial charge in [-0.2, -0.15) is 0 Å². The monoisotopic (exact) mass is 500 g/mol. The first-order valence-electron chi connectivity index (χ1n) is 11.6. The lowest BCUT2D eigenvalue weighted by atomic mass is 9.63. The summed E-state index contributed by atoms with van der Waals surface area (Å²) in [5.74, 6) is 1.68. The van der Waals surface area contributed by atoms with Crippen molar-refractivity contribution in [2.45, 2.75) is 17.8 Å². The Hall–Kier alpha value is -3.20. The molecule has 0 saturated heterocycles. The molecule has 0 N–H and O–H groups in total. The normalized spacial score (nSPS) is 19.3. The van der Waals surface area contributed by atoms with E-state index in [1.54, 1.807) is 14.2 Å². The molecule has 176 valence electrons. The van der Waals surface area contributed by atoms with E-state index in [-0.39, 0.29) is 5.92 Å². The quantitative estimate of drug-likeness (QED) is 0.264. The number of benzene rings is 4. The molecule has 0 spiro atoms. The largest absolute Gasteiger partial charge is 0.497 e. The molecule has 35 heavy (non-hydrogen) atoms. The minimum atomic E-state index is -0.410. The molecule has 1 aliphatic rings. The number of ether oxygens (including phenoxy) is 2. The third kappa shape index (κ3) is 4.22. The van der Waals surface area contributed by atoms with Crippen LogP contribution in [0.1, 0.15) is 34.6 Å². The zero-order chi connectivity index (χ0) is 24.4. The summed E-state index contributed by atoms with van der Waals surface area (Å²) >= 11 is 13.2. The van der Waals surface area contributed by atoms with Gasteiger partial charge in [-0.25, -0.2) is 0 Å². The topological polar surface area (TPSA) is 18.5 Å². The van der Waals surface area contributed by atoms with Gasteiger partial charge in [0, 0.05) is 21.4 Å². The molecule has 4 heteroatoms. The third-order valence-electron chi connectivity index (χ3n) is 7.03. The fourth-order valence-electron chi connectivity index (χ4n) is 5.38. The van der Waals surface area contributed by atoms with Crippen molar-refractivity contribution in [3.63, 3.8) is 0 Å². The van der Waals surface area contributed by atoms with Crippen LogP contribution >= 0.6 is 23.2 Å². The van der Waals surface area contributed by atoms with E-state index in [9.17, 15) is 0 Å². The van der Waals surface area contributed by atoms with E-state index in [4.69, 9.17) is 32.7 Å². The van der Waals surface area contributed by atoms with Crippen LogP contribution in [0, 0.1) is 0 Å². The fraction of sp³-hybridized carbons (Fsp3) is 0.161. The van der Waals surface area contributed by atoms with E-state index >= 15 is 0 Å². The number of allylic oxidation sites excluding steroid dienone is 2. The Morgan fingerprint density at radius 3 is 1.91 bits per heavy atom. The van der Waals surface area contributed by atoms with Crippen molar-refractivity contribution >= 4 is 28.8 Å². The average Bonchev–Trinajstić information content (AvgIpc) is 3.30. The van der Waals surface area contributed by atoms with E-state index in [0.717, 1.165) is 34.1 Å². The van der Waals surface area contributed by atoms with E-state index in [1.165, 1.54) is 16.7 Å². The number of halogens is 2. The molecule has 0 heterocycles. The Morgan fingerprint density at radius 1 is 0.714 bits per heavy atom. The van der Waals surface area contributed by atoms with Crippen molar-refractivity contribution in [1.82, 2.24) is 0 Å². The van der Waals surface area contributed by atoms with Gasteiger partial charge in [-0.1, -0.05) is 83.9 Å². The average molecular weight is 501 g/mol. The maximum atomic E-state index is 6.92. The van der Waals surface area contributed by atoms with Crippen LogP contribution in [-0.4, -0.2) is 14.2 Å². The Labute approximate surface area is 216 Å². The summed E-state index contributed by atoms with van der Waals surface area (Å²) < 4.78 is 10.9. The summed E-state index contributed by atoms with van der Waals surface area (Å²) in [6.45, 7) is 0. The predicted molar refractivity (Wildman–Crippen MR) is 145 cm³/mol. The first kappa shape index (κ1) is 23.5. The fourth-order valence-corrected chi connectivity index (χ4v) is 5.81. The van der Waals surface area contributed by atoms with Gasteiger partial charge >= 0.3 is 0 Å². The molecule has 4 aromatic carbocycles. The van der Waals surface area contributed by atoms with Crippen molar-refractivity contribution in [3.05, 3.63) is 135 Å². The Bertz CT molecular complexity index is 1340. The molecule has 0 amide bonds. The molecule has 0 aromatic heterocycles. The second kappa shape index (κ2) is 9.81. The van der Waals surface area contributed by atoms with Crippen LogP contribution in [0.25, 0.3) is 5.57 Å². The smallest absolute Gasteiger partial charge is 0.118 e. The van der Waals surface area contributed by atoms with Gasteiger partial charge in [0.25, 0.3) is 0 Å². The molecular formula is C31H26Cl2O2. The highest BCUT2D eigenvalue weighted by Crippen LogP contribution is 2.59. The molecule has 5 rings (SSSR count). The molecule has 1 aliphatic carbocycles. The first-order valence-corrected chi connectivity index (χ1v) is 12.3. The van der Waals surface area contributed by atoms with Gasteiger partial charge < -0.3 is 9.47 Å². The van der Waals surface area contributed by atoms with E-state index in [2.05, 4.69) is 54.6 Å². The molecular weight excluding hydrogens is 475 g/mol. The third-order valence-corrected chi connectivity index (χ3v) is 7.62. The lowest BCUT2D eigenvalue weighted by molar-refractivity contribution is 0.414. The second-order valence-electron chi connectivity index (χ2n) is 8.76. The van der Waals surface area contributed by atoms with Crippen molar-refractivity contribution in [1.29, 1.82) is 0 Å². The molecule has 2 unspecified atom stereocenters. The number of rotatable bonds is 6. The van der Waals surface area contributed by atoms with Crippen LogP contribution in [-0.2, 0) is 5.41 Å². The minimum Gasteiger partial charge on any atom is -0.497 e. The zero-order valence-electron chi connectivity index (χ0n) is 19.7. The standard InChI is InChI=1S/C31H26Cl2O2/c1-34-25-15-7-21(8-16-25)27-19-20-31(23-11-13-24(32)14-12-23,28-5-3-4-6-29(28)33)30(27)22-9-17-26(35-2)18-10-22/h3-19,30H,20H2,1-2H3. The van der Waals surface area contributed by atoms with E-state index < -0.39 is 5.41 Å². The van der Waals surface area contributed by atoms with Crippen molar-refractivity contribution in [3.8, 4) is 11.5 Å². The van der Waals surface area contributed by atoms with Crippen LogP contribution in [0.5, 0.6) is 11.5 Å². The van der Waals surface area contributed by atoms with Crippen molar-refractivity contribution in [2.24, 2.45) is 0 Å². The maximum absolute atomic E-state index is 6.92. The number of hydrogen-bond donors (Lipinski definition) is 0. The van der Waals surface area contributed by atoms with Gasteiger partial charge in [0.15, 0.2) is 0 Å². The molecule has 0 saturated carbocycles. The van der Waals surface area contributed by atoms with Gasteiger partial charge in [-0.05, 0) is 76.7 Å². The number of methoxy groups -OCH3 is 2. The molecule has 0 radical (unpaired) electrons. The summed E-state index contributed by atoms with van der Waals surface area (Å²) in [5.41, 5.74) is 5.48. The van der Waals surface area contributed by atoms with Crippen molar-refractivity contribution < 1.29 is 9.47 Å².